The van der Waals surface area contributed by atoms with Gasteiger partial charge in [-0.05, 0) is 43.0 Å². The smallest absolute Gasteiger partial charge is 0.179 e. The number of likely N-dealkylation sites (tertiary alicyclic amines) is 1. The molecule has 1 aromatic rings. The van der Waals surface area contributed by atoms with Crippen molar-refractivity contribution in [1.82, 2.24) is 4.90 Å². The van der Waals surface area contributed by atoms with Gasteiger partial charge in [-0.25, -0.2) is 8.78 Å². The zero-order valence-corrected chi connectivity index (χ0v) is 11.3. The second-order valence-electron chi connectivity index (χ2n) is 5.58. The lowest BCUT2D eigenvalue weighted by Gasteiger charge is -2.17. The highest BCUT2D eigenvalue weighted by molar-refractivity contribution is 5.97. The van der Waals surface area contributed by atoms with Gasteiger partial charge < -0.3 is 0 Å². The Morgan fingerprint density at radius 3 is 2.79 bits per heavy atom. The first kappa shape index (κ1) is 14.1. The second-order valence-corrected chi connectivity index (χ2v) is 5.58. The number of carbonyl (C=O) groups is 1. The largest absolute Gasteiger partial charge is 0.296 e. The summed E-state index contributed by atoms with van der Waals surface area (Å²) in [5, 5.41) is 0. The van der Waals surface area contributed by atoms with Crippen LogP contribution in [0.4, 0.5) is 8.78 Å². The minimum atomic E-state index is -0.647. The van der Waals surface area contributed by atoms with Gasteiger partial charge in [0, 0.05) is 6.54 Å². The zero-order chi connectivity index (χ0) is 14.0. The summed E-state index contributed by atoms with van der Waals surface area (Å²) in [7, 11) is 0. The van der Waals surface area contributed by atoms with E-state index in [1.165, 1.54) is 0 Å². The summed E-state index contributed by atoms with van der Waals surface area (Å²) < 4.78 is 26.5. The number of benzene rings is 1. The van der Waals surface area contributed by atoms with Crippen molar-refractivity contribution in [2.24, 2.45) is 11.8 Å². The molecule has 1 aliphatic rings. The molecule has 4 heteroatoms. The summed E-state index contributed by atoms with van der Waals surface area (Å²) in [6.45, 7) is 6.22. The first-order valence-corrected chi connectivity index (χ1v) is 6.68. The number of hydrogen-bond donors (Lipinski definition) is 0. The van der Waals surface area contributed by atoms with E-state index in [-0.39, 0.29) is 17.9 Å². The average molecular weight is 267 g/mol. The fourth-order valence-corrected chi connectivity index (χ4v) is 2.55. The van der Waals surface area contributed by atoms with Gasteiger partial charge in [-0.2, -0.15) is 0 Å². The molecule has 1 atom stereocenters. The topological polar surface area (TPSA) is 20.3 Å². The van der Waals surface area contributed by atoms with Crippen LogP contribution in [0.5, 0.6) is 0 Å². The van der Waals surface area contributed by atoms with Gasteiger partial charge in [-0.15, -0.1) is 0 Å². The number of ketones is 1. The SMILES string of the molecule is CC(C)C1CCN(CC(=O)c2cc(F)ccc2F)C1. The Labute approximate surface area is 112 Å². The van der Waals surface area contributed by atoms with Gasteiger partial charge in [0.2, 0.25) is 0 Å². The molecule has 0 aliphatic carbocycles. The molecule has 0 spiro atoms. The van der Waals surface area contributed by atoms with Crippen molar-refractivity contribution >= 4 is 5.78 Å². The zero-order valence-electron chi connectivity index (χ0n) is 11.3. The van der Waals surface area contributed by atoms with Crippen LogP contribution in [-0.4, -0.2) is 30.3 Å². The fourth-order valence-electron chi connectivity index (χ4n) is 2.55. The van der Waals surface area contributed by atoms with E-state index < -0.39 is 11.6 Å². The van der Waals surface area contributed by atoms with Crippen molar-refractivity contribution in [3.63, 3.8) is 0 Å². The molecule has 0 bridgehead atoms. The van der Waals surface area contributed by atoms with Crippen LogP contribution in [0.25, 0.3) is 0 Å². The molecule has 1 aromatic carbocycles. The van der Waals surface area contributed by atoms with Gasteiger partial charge in [0.25, 0.3) is 0 Å². The van der Waals surface area contributed by atoms with E-state index in [9.17, 15) is 13.6 Å². The van der Waals surface area contributed by atoms with E-state index in [0.29, 0.717) is 11.8 Å². The van der Waals surface area contributed by atoms with Crippen molar-refractivity contribution < 1.29 is 13.6 Å². The summed E-state index contributed by atoms with van der Waals surface area (Å²) in [5.74, 6) is -0.394. The standard InChI is InChI=1S/C15H19F2NO/c1-10(2)11-5-6-18(8-11)9-15(19)13-7-12(16)3-4-14(13)17/h3-4,7,10-11H,5-6,8-9H2,1-2H3. The maximum absolute atomic E-state index is 13.5. The number of Topliss-reactive ketones (excluding diaryl/α,β-unsaturated/α-hetero) is 1. The van der Waals surface area contributed by atoms with E-state index >= 15 is 0 Å². The second kappa shape index (κ2) is 5.78. The molecule has 19 heavy (non-hydrogen) atoms. The van der Waals surface area contributed by atoms with Gasteiger partial charge in [0.15, 0.2) is 5.78 Å². The van der Waals surface area contributed by atoms with Crippen LogP contribution >= 0.6 is 0 Å². The van der Waals surface area contributed by atoms with Gasteiger partial charge in [0.05, 0.1) is 12.1 Å². The Bertz CT molecular complexity index is 473. The van der Waals surface area contributed by atoms with Gasteiger partial charge >= 0.3 is 0 Å². The summed E-state index contributed by atoms with van der Waals surface area (Å²) in [4.78, 5) is 14.0. The molecular formula is C15H19F2NO. The fraction of sp³-hybridized carbons (Fsp3) is 0.533. The highest BCUT2D eigenvalue weighted by Gasteiger charge is 2.26. The molecule has 0 N–H and O–H groups in total. The first-order valence-electron chi connectivity index (χ1n) is 6.68. The van der Waals surface area contributed by atoms with Gasteiger partial charge in [0.1, 0.15) is 11.6 Å². The lowest BCUT2D eigenvalue weighted by Crippen LogP contribution is -2.29. The average Bonchev–Trinajstić information content (AvgIpc) is 2.80. The van der Waals surface area contributed by atoms with Gasteiger partial charge in [-0.1, -0.05) is 13.8 Å². The molecule has 1 aliphatic heterocycles. The van der Waals surface area contributed by atoms with Crippen molar-refractivity contribution in [2.45, 2.75) is 20.3 Å². The number of nitrogens with zero attached hydrogens (tertiary/aromatic N) is 1. The Balaban J connectivity index is 2.00. The Kier molecular flexibility index (Phi) is 4.30. The summed E-state index contributed by atoms with van der Waals surface area (Å²) in [6.07, 6.45) is 1.07. The minimum Gasteiger partial charge on any atom is -0.296 e. The predicted octanol–water partition coefficient (Wildman–Crippen LogP) is 3.13. The van der Waals surface area contributed by atoms with Crippen LogP contribution in [0.15, 0.2) is 18.2 Å². The van der Waals surface area contributed by atoms with E-state index in [2.05, 4.69) is 13.8 Å². The third kappa shape index (κ3) is 3.38. The van der Waals surface area contributed by atoms with E-state index in [1.807, 2.05) is 4.90 Å². The minimum absolute atomic E-state index is 0.145. The molecule has 0 aromatic heterocycles. The highest BCUT2D eigenvalue weighted by Crippen LogP contribution is 2.23. The van der Waals surface area contributed by atoms with Crippen LogP contribution in [0.2, 0.25) is 0 Å². The predicted molar refractivity (Wildman–Crippen MR) is 70.1 cm³/mol. The molecule has 0 radical (unpaired) electrons. The lowest BCUT2D eigenvalue weighted by molar-refractivity contribution is 0.0937. The molecule has 1 unspecified atom stereocenters. The van der Waals surface area contributed by atoms with E-state index in [4.69, 9.17) is 0 Å². The number of rotatable bonds is 4. The van der Waals surface area contributed by atoms with Crippen LogP contribution in [0, 0.1) is 23.5 Å². The summed E-state index contributed by atoms with van der Waals surface area (Å²) >= 11 is 0. The Hall–Kier alpha value is -1.29. The number of carbonyl (C=O) groups excluding carboxylic acids is 1. The third-order valence-electron chi connectivity index (χ3n) is 3.85. The number of halogens is 2. The maximum atomic E-state index is 13.5. The Morgan fingerprint density at radius 2 is 2.16 bits per heavy atom. The first-order chi connectivity index (χ1) is 8.97. The van der Waals surface area contributed by atoms with Gasteiger partial charge in [-0.3, -0.25) is 9.69 Å². The van der Waals surface area contributed by atoms with E-state index in [0.717, 1.165) is 37.7 Å². The van der Waals surface area contributed by atoms with Crippen molar-refractivity contribution in [1.29, 1.82) is 0 Å². The molecule has 1 heterocycles. The third-order valence-corrected chi connectivity index (χ3v) is 3.85. The maximum Gasteiger partial charge on any atom is 0.179 e. The summed E-state index contributed by atoms with van der Waals surface area (Å²) in [5.41, 5.74) is -0.145. The molecule has 1 fully saturated rings. The molecule has 1 saturated heterocycles. The normalized spacial score (nSPS) is 20.2. The summed E-state index contributed by atoms with van der Waals surface area (Å²) in [6, 6.07) is 3.01. The molecule has 0 saturated carbocycles. The molecule has 0 amide bonds. The van der Waals surface area contributed by atoms with Crippen molar-refractivity contribution in [3.8, 4) is 0 Å². The monoisotopic (exact) mass is 267 g/mol. The Morgan fingerprint density at radius 1 is 1.42 bits per heavy atom. The molecule has 104 valence electrons. The van der Waals surface area contributed by atoms with Crippen molar-refractivity contribution in [2.75, 3.05) is 19.6 Å². The molecule has 2 rings (SSSR count). The van der Waals surface area contributed by atoms with Crippen LogP contribution in [0.3, 0.4) is 0 Å². The highest BCUT2D eigenvalue weighted by atomic mass is 19.1. The van der Waals surface area contributed by atoms with Crippen molar-refractivity contribution in [3.05, 3.63) is 35.4 Å². The lowest BCUT2D eigenvalue weighted by atomic mass is 9.95. The van der Waals surface area contributed by atoms with Crippen LogP contribution in [0.1, 0.15) is 30.6 Å². The van der Waals surface area contributed by atoms with E-state index in [1.54, 1.807) is 0 Å². The van der Waals surface area contributed by atoms with Crippen LogP contribution < -0.4 is 0 Å². The van der Waals surface area contributed by atoms with Crippen LogP contribution in [-0.2, 0) is 0 Å². The molecular weight excluding hydrogens is 248 g/mol. The molecule has 2 nitrogen and oxygen atoms in total. The number of hydrogen-bond acceptors (Lipinski definition) is 2. The quantitative estimate of drug-likeness (QED) is 0.781.